The molecule has 1 heterocycles. The lowest BCUT2D eigenvalue weighted by Gasteiger charge is -2.41. The fraction of sp³-hybridized carbons (Fsp3) is 0.750. The molecule has 0 aromatic carbocycles. The van der Waals surface area contributed by atoms with E-state index in [1.807, 2.05) is 0 Å². The fourth-order valence-corrected chi connectivity index (χ4v) is 1.99. The molecule has 0 radical (unpaired) electrons. The predicted octanol–water partition coefficient (Wildman–Crippen LogP) is -0.481. The monoisotopic (exact) mass is 290 g/mol. The van der Waals surface area contributed by atoms with Crippen molar-refractivity contribution in [3.63, 3.8) is 0 Å². The Morgan fingerprint density at radius 1 is 0.850 bits per heavy atom. The Labute approximate surface area is 115 Å². The molecule has 8 nitrogen and oxygen atoms in total. The Morgan fingerprint density at radius 2 is 1.25 bits per heavy atom. The summed E-state index contributed by atoms with van der Waals surface area (Å²) in [6.07, 6.45) is -5.60. The van der Waals surface area contributed by atoms with Crippen LogP contribution in [0.3, 0.4) is 0 Å². The summed E-state index contributed by atoms with van der Waals surface area (Å²) in [6.45, 7) is 5.01. The van der Waals surface area contributed by atoms with Crippen LogP contribution in [0.5, 0.6) is 0 Å². The highest BCUT2D eigenvalue weighted by molar-refractivity contribution is 5.68. The molecule has 0 saturated carbocycles. The molecule has 0 aromatic rings. The van der Waals surface area contributed by atoms with Gasteiger partial charge >= 0.3 is 17.9 Å². The van der Waals surface area contributed by atoms with Gasteiger partial charge in [-0.05, 0) is 6.92 Å². The van der Waals surface area contributed by atoms with Crippen LogP contribution in [0.15, 0.2) is 0 Å². The van der Waals surface area contributed by atoms with Crippen LogP contribution in [0.25, 0.3) is 0 Å². The molecular weight excluding hydrogens is 272 g/mol. The summed E-state index contributed by atoms with van der Waals surface area (Å²) in [5.41, 5.74) is 0. The van der Waals surface area contributed by atoms with Crippen LogP contribution in [-0.4, -0.2) is 53.7 Å². The number of hydrogen-bond acceptors (Lipinski definition) is 8. The second kappa shape index (κ2) is 6.67. The molecule has 5 atom stereocenters. The van der Waals surface area contributed by atoms with E-state index in [0.717, 1.165) is 13.8 Å². The fourth-order valence-electron chi connectivity index (χ4n) is 1.99. The van der Waals surface area contributed by atoms with Gasteiger partial charge in [0.05, 0.1) is 6.10 Å². The Bertz CT molecular complexity index is 365. The highest BCUT2D eigenvalue weighted by atomic mass is 16.7. The Morgan fingerprint density at radius 3 is 1.70 bits per heavy atom. The molecule has 0 aromatic heterocycles. The normalized spacial score (nSPS) is 33.1. The molecule has 114 valence electrons. The van der Waals surface area contributed by atoms with Gasteiger partial charge in [0.25, 0.3) is 0 Å². The van der Waals surface area contributed by atoms with Gasteiger partial charge in [-0.25, -0.2) is 0 Å². The lowest BCUT2D eigenvalue weighted by molar-refractivity contribution is -0.288. The van der Waals surface area contributed by atoms with Gasteiger partial charge in [-0.3, -0.25) is 14.4 Å². The van der Waals surface area contributed by atoms with Gasteiger partial charge in [-0.2, -0.15) is 0 Å². The van der Waals surface area contributed by atoms with Crippen molar-refractivity contribution in [3.8, 4) is 0 Å². The molecule has 20 heavy (non-hydrogen) atoms. The maximum atomic E-state index is 11.2. The number of hydrogen-bond donors (Lipinski definition) is 1. The van der Waals surface area contributed by atoms with Crippen molar-refractivity contribution in [2.24, 2.45) is 0 Å². The maximum Gasteiger partial charge on any atom is 0.303 e. The number of aliphatic hydroxyl groups is 1. The topological polar surface area (TPSA) is 108 Å². The average molecular weight is 290 g/mol. The molecule has 0 unspecified atom stereocenters. The van der Waals surface area contributed by atoms with Gasteiger partial charge in [0, 0.05) is 20.8 Å². The molecule has 0 spiro atoms. The molecule has 0 bridgehead atoms. The molecule has 1 rings (SSSR count). The average Bonchev–Trinajstić information content (AvgIpc) is 2.27. The number of carbonyl (C=O) groups is 3. The summed E-state index contributed by atoms with van der Waals surface area (Å²) in [4.78, 5) is 33.3. The van der Waals surface area contributed by atoms with Gasteiger partial charge in [0.2, 0.25) is 0 Å². The molecule has 0 amide bonds. The van der Waals surface area contributed by atoms with Crippen LogP contribution in [0.1, 0.15) is 27.7 Å². The minimum Gasteiger partial charge on any atom is -0.456 e. The van der Waals surface area contributed by atoms with E-state index >= 15 is 0 Å². The van der Waals surface area contributed by atoms with Crippen molar-refractivity contribution in [2.45, 2.75) is 58.4 Å². The van der Waals surface area contributed by atoms with Crippen molar-refractivity contribution in [3.05, 3.63) is 0 Å². The zero-order valence-corrected chi connectivity index (χ0v) is 11.7. The second-order valence-corrected chi connectivity index (χ2v) is 4.45. The molecule has 0 aliphatic carbocycles. The molecule has 1 aliphatic rings. The standard InChI is InChI=1S/C12H18O8/c1-5-9(18-6(2)13)10(19-7(3)14)11(12(16)17-5)20-8(4)15/h5,9-12,16H,1-4H3/t5-,9-,10-,11+,12+/m0/s1. The molecular formula is C12H18O8. The van der Waals surface area contributed by atoms with Crippen molar-refractivity contribution < 1.29 is 38.4 Å². The van der Waals surface area contributed by atoms with Crippen LogP contribution in [0.2, 0.25) is 0 Å². The number of esters is 3. The van der Waals surface area contributed by atoms with E-state index in [0.29, 0.717) is 0 Å². The smallest absolute Gasteiger partial charge is 0.303 e. The highest BCUT2D eigenvalue weighted by Crippen LogP contribution is 2.27. The van der Waals surface area contributed by atoms with E-state index in [4.69, 9.17) is 18.9 Å². The third-order valence-electron chi connectivity index (χ3n) is 2.65. The molecule has 1 aliphatic heterocycles. The van der Waals surface area contributed by atoms with Gasteiger partial charge in [0.1, 0.15) is 0 Å². The summed E-state index contributed by atoms with van der Waals surface area (Å²) < 4.78 is 20.1. The Hall–Kier alpha value is -1.67. The lowest BCUT2D eigenvalue weighted by Crippen LogP contribution is -2.60. The first-order valence-electron chi connectivity index (χ1n) is 6.07. The number of rotatable bonds is 3. The van der Waals surface area contributed by atoms with E-state index < -0.39 is 48.6 Å². The number of carbonyl (C=O) groups excluding carboxylic acids is 3. The number of ether oxygens (including phenoxy) is 4. The van der Waals surface area contributed by atoms with Gasteiger partial charge in [0.15, 0.2) is 24.6 Å². The quantitative estimate of drug-likeness (QED) is 0.548. The molecule has 1 N–H and O–H groups in total. The van der Waals surface area contributed by atoms with Crippen LogP contribution in [0, 0.1) is 0 Å². The lowest BCUT2D eigenvalue weighted by atomic mass is 9.99. The Kier molecular flexibility index (Phi) is 5.46. The van der Waals surface area contributed by atoms with E-state index in [1.54, 1.807) is 0 Å². The molecule has 1 saturated heterocycles. The third kappa shape index (κ3) is 4.17. The zero-order chi connectivity index (χ0) is 15.4. The van der Waals surface area contributed by atoms with Crippen LogP contribution in [0.4, 0.5) is 0 Å². The summed E-state index contributed by atoms with van der Waals surface area (Å²) >= 11 is 0. The van der Waals surface area contributed by atoms with E-state index in [1.165, 1.54) is 13.8 Å². The maximum absolute atomic E-state index is 11.2. The predicted molar refractivity (Wildman–Crippen MR) is 63.2 cm³/mol. The van der Waals surface area contributed by atoms with E-state index in [9.17, 15) is 19.5 Å². The number of aliphatic hydroxyl groups excluding tert-OH is 1. The summed E-state index contributed by atoms with van der Waals surface area (Å²) in [7, 11) is 0. The van der Waals surface area contributed by atoms with E-state index in [-0.39, 0.29) is 0 Å². The minimum atomic E-state index is -1.48. The third-order valence-corrected chi connectivity index (χ3v) is 2.65. The first-order chi connectivity index (χ1) is 9.22. The van der Waals surface area contributed by atoms with Crippen molar-refractivity contribution in [1.29, 1.82) is 0 Å². The second-order valence-electron chi connectivity index (χ2n) is 4.45. The van der Waals surface area contributed by atoms with Crippen molar-refractivity contribution >= 4 is 17.9 Å². The van der Waals surface area contributed by atoms with E-state index in [2.05, 4.69) is 0 Å². The SMILES string of the molecule is CC(=O)O[C@H]1[C@@H](OC(C)=O)[C@H](C)O[C@@H](O)[C@@H]1OC(C)=O. The molecule has 8 heteroatoms. The van der Waals surface area contributed by atoms with Crippen molar-refractivity contribution in [1.82, 2.24) is 0 Å². The van der Waals surface area contributed by atoms with Gasteiger partial charge in [-0.1, -0.05) is 0 Å². The zero-order valence-electron chi connectivity index (χ0n) is 11.7. The summed E-state index contributed by atoms with van der Waals surface area (Å²) in [6, 6.07) is 0. The highest BCUT2D eigenvalue weighted by Gasteiger charge is 2.49. The summed E-state index contributed by atoms with van der Waals surface area (Å²) in [5, 5.41) is 9.79. The van der Waals surface area contributed by atoms with Crippen LogP contribution >= 0.6 is 0 Å². The van der Waals surface area contributed by atoms with Crippen LogP contribution < -0.4 is 0 Å². The summed E-state index contributed by atoms with van der Waals surface area (Å²) in [5.74, 6) is -1.96. The largest absolute Gasteiger partial charge is 0.456 e. The first kappa shape index (κ1) is 16.4. The minimum absolute atomic E-state index is 0.611. The Balaban J connectivity index is 3.01. The van der Waals surface area contributed by atoms with Gasteiger partial charge in [-0.15, -0.1) is 0 Å². The molecule has 1 fully saturated rings. The van der Waals surface area contributed by atoms with Gasteiger partial charge < -0.3 is 24.1 Å². The first-order valence-corrected chi connectivity index (χ1v) is 6.07. The van der Waals surface area contributed by atoms with Crippen LogP contribution in [-0.2, 0) is 33.3 Å². The van der Waals surface area contributed by atoms with Crippen molar-refractivity contribution in [2.75, 3.05) is 0 Å².